The standard InChI is InChI=1S/C10H9Br2N3OS2/c1-15(9-6(11)2-3-17-9)4-8(16)14-10-13-7(12)5-18-10/h2-3,5H,4H2,1H3,(H,13,14,16). The third-order valence-electron chi connectivity index (χ3n) is 2.05. The number of carbonyl (C=O) groups is 1. The predicted molar refractivity (Wildman–Crippen MR) is 83.7 cm³/mol. The molecule has 4 nitrogen and oxygen atoms in total. The zero-order valence-corrected chi connectivity index (χ0v) is 14.1. The van der Waals surface area contributed by atoms with E-state index in [1.54, 1.807) is 11.3 Å². The van der Waals surface area contributed by atoms with Crippen molar-refractivity contribution in [3.8, 4) is 0 Å². The van der Waals surface area contributed by atoms with Gasteiger partial charge in [-0.2, -0.15) is 0 Å². The van der Waals surface area contributed by atoms with Crippen molar-refractivity contribution >= 4 is 70.6 Å². The second-order valence-electron chi connectivity index (χ2n) is 3.45. The highest BCUT2D eigenvalue weighted by atomic mass is 79.9. The maximum Gasteiger partial charge on any atom is 0.245 e. The van der Waals surface area contributed by atoms with Gasteiger partial charge in [0.05, 0.1) is 11.0 Å². The van der Waals surface area contributed by atoms with E-state index in [1.165, 1.54) is 11.3 Å². The summed E-state index contributed by atoms with van der Waals surface area (Å²) in [4.78, 5) is 17.8. The summed E-state index contributed by atoms with van der Waals surface area (Å²) in [5, 5.41) is 8.20. The largest absolute Gasteiger partial charge is 0.356 e. The van der Waals surface area contributed by atoms with Crippen LogP contribution in [0.3, 0.4) is 0 Å². The SMILES string of the molecule is CN(CC(=O)Nc1nc(Br)cs1)c1sccc1Br. The molecule has 0 aliphatic rings. The number of rotatable bonds is 4. The second-order valence-corrected chi connectivity index (χ2v) is 6.87. The average Bonchev–Trinajstić information content (AvgIpc) is 2.87. The van der Waals surface area contributed by atoms with Crippen LogP contribution >= 0.6 is 54.5 Å². The molecule has 0 saturated carbocycles. The first-order valence-corrected chi connectivity index (χ1v) is 8.26. The van der Waals surface area contributed by atoms with E-state index in [0.717, 1.165) is 14.1 Å². The maximum atomic E-state index is 11.8. The Morgan fingerprint density at radius 1 is 1.50 bits per heavy atom. The second kappa shape index (κ2) is 6.14. The van der Waals surface area contributed by atoms with Crippen molar-refractivity contribution in [1.29, 1.82) is 0 Å². The normalized spacial score (nSPS) is 10.4. The highest BCUT2D eigenvalue weighted by molar-refractivity contribution is 9.10. The van der Waals surface area contributed by atoms with Gasteiger partial charge < -0.3 is 10.2 Å². The van der Waals surface area contributed by atoms with Crippen LogP contribution in [0.2, 0.25) is 0 Å². The van der Waals surface area contributed by atoms with Crippen LogP contribution < -0.4 is 10.2 Å². The van der Waals surface area contributed by atoms with Gasteiger partial charge in [0.2, 0.25) is 5.91 Å². The fourth-order valence-corrected chi connectivity index (χ4v) is 4.12. The number of likely N-dealkylation sites (N-methyl/N-ethyl adjacent to an activating group) is 1. The fraction of sp³-hybridized carbons (Fsp3) is 0.200. The van der Waals surface area contributed by atoms with Crippen LogP contribution in [-0.2, 0) is 4.79 Å². The summed E-state index contributed by atoms with van der Waals surface area (Å²) in [5.74, 6) is -0.0837. The van der Waals surface area contributed by atoms with Gasteiger partial charge in [-0.1, -0.05) is 0 Å². The molecular formula is C10H9Br2N3OS2. The Kier molecular flexibility index (Phi) is 4.77. The van der Waals surface area contributed by atoms with Crippen LogP contribution in [-0.4, -0.2) is 24.5 Å². The first-order valence-electron chi connectivity index (χ1n) is 4.91. The highest BCUT2D eigenvalue weighted by Gasteiger charge is 2.12. The monoisotopic (exact) mass is 409 g/mol. The number of halogens is 2. The van der Waals surface area contributed by atoms with Crippen molar-refractivity contribution in [2.45, 2.75) is 0 Å². The number of nitrogens with zero attached hydrogens (tertiary/aromatic N) is 2. The lowest BCUT2D eigenvalue weighted by Gasteiger charge is -2.16. The fourth-order valence-electron chi connectivity index (χ4n) is 1.32. The van der Waals surface area contributed by atoms with Gasteiger partial charge in [0.15, 0.2) is 5.13 Å². The molecule has 8 heteroatoms. The van der Waals surface area contributed by atoms with Crippen LogP contribution in [0.1, 0.15) is 0 Å². The molecule has 2 rings (SSSR count). The molecule has 1 amide bonds. The number of hydrogen-bond donors (Lipinski definition) is 1. The third kappa shape index (κ3) is 3.53. The van der Waals surface area contributed by atoms with Crippen molar-refractivity contribution in [2.75, 3.05) is 23.8 Å². The summed E-state index contributed by atoms with van der Waals surface area (Å²) in [7, 11) is 1.88. The molecular weight excluding hydrogens is 402 g/mol. The minimum absolute atomic E-state index is 0.0837. The molecule has 0 fully saturated rings. The molecule has 0 spiro atoms. The zero-order chi connectivity index (χ0) is 13.1. The van der Waals surface area contributed by atoms with E-state index < -0.39 is 0 Å². The molecule has 2 heterocycles. The Morgan fingerprint density at radius 3 is 2.83 bits per heavy atom. The number of thiophene rings is 1. The average molecular weight is 411 g/mol. The summed E-state index contributed by atoms with van der Waals surface area (Å²) in [5.41, 5.74) is 0. The van der Waals surface area contributed by atoms with Crippen LogP contribution in [0.25, 0.3) is 0 Å². The summed E-state index contributed by atoms with van der Waals surface area (Å²) >= 11 is 9.67. The number of nitrogens with one attached hydrogen (secondary N) is 1. The smallest absolute Gasteiger partial charge is 0.245 e. The lowest BCUT2D eigenvalue weighted by atomic mass is 10.5. The Morgan fingerprint density at radius 2 is 2.28 bits per heavy atom. The van der Waals surface area contributed by atoms with E-state index in [-0.39, 0.29) is 12.5 Å². The molecule has 18 heavy (non-hydrogen) atoms. The van der Waals surface area contributed by atoms with Crippen LogP contribution in [0.4, 0.5) is 10.1 Å². The van der Waals surface area contributed by atoms with E-state index in [9.17, 15) is 4.79 Å². The summed E-state index contributed by atoms with van der Waals surface area (Å²) in [6, 6.07) is 1.96. The van der Waals surface area contributed by atoms with Crippen molar-refractivity contribution in [1.82, 2.24) is 4.98 Å². The van der Waals surface area contributed by atoms with E-state index in [4.69, 9.17) is 0 Å². The van der Waals surface area contributed by atoms with E-state index >= 15 is 0 Å². The number of aromatic nitrogens is 1. The van der Waals surface area contributed by atoms with Gasteiger partial charge in [-0.15, -0.1) is 22.7 Å². The summed E-state index contributed by atoms with van der Waals surface area (Å²) in [6.07, 6.45) is 0. The van der Waals surface area contributed by atoms with Gasteiger partial charge in [0.1, 0.15) is 9.60 Å². The quantitative estimate of drug-likeness (QED) is 0.833. The summed E-state index contributed by atoms with van der Waals surface area (Å²) < 4.78 is 1.73. The molecule has 0 bridgehead atoms. The van der Waals surface area contributed by atoms with Crippen molar-refractivity contribution in [3.63, 3.8) is 0 Å². The van der Waals surface area contributed by atoms with E-state index in [2.05, 4.69) is 42.2 Å². The number of hydrogen-bond acceptors (Lipinski definition) is 5. The van der Waals surface area contributed by atoms with E-state index in [1.807, 2.05) is 28.8 Å². The lowest BCUT2D eigenvalue weighted by molar-refractivity contribution is -0.114. The molecule has 0 atom stereocenters. The number of amides is 1. The van der Waals surface area contributed by atoms with Gasteiger partial charge >= 0.3 is 0 Å². The zero-order valence-electron chi connectivity index (χ0n) is 9.31. The van der Waals surface area contributed by atoms with Crippen molar-refractivity contribution in [3.05, 3.63) is 25.9 Å². The van der Waals surface area contributed by atoms with Gasteiger partial charge in [-0.25, -0.2) is 4.98 Å². The molecule has 2 aromatic rings. The minimum atomic E-state index is -0.0837. The van der Waals surface area contributed by atoms with Crippen molar-refractivity contribution in [2.24, 2.45) is 0 Å². The first-order chi connectivity index (χ1) is 8.56. The molecule has 0 unspecified atom stereocenters. The number of anilines is 2. The predicted octanol–water partition coefficient (Wildman–Crippen LogP) is 3.80. The Labute approximate surface area is 129 Å². The van der Waals surface area contributed by atoms with Crippen LogP contribution in [0.15, 0.2) is 25.9 Å². The van der Waals surface area contributed by atoms with Crippen molar-refractivity contribution < 1.29 is 4.79 Å². The third-order valence-corrected chi connectivity index (χ3v) is 5.44. The van der Waals surface area contributed by atoms with Gasteiger partial charge in [-0.3, -0.25) is 4.79 Å². The molecule has 0 aromatic carbocycles. The molecule has 0 radical (unpaired) electrons. The topological polar surface area (TPSA) is 45.2 Å². The minimum Gasteiger partial charge on any atom is -0.356 e. The van der Waals surface area contributed by atoms with Gasteiger partial charge in [0.25, 0.3) is 0 Å². The Balaban J connectivity index is 1.93. The molecule has 0 aliphatic heterocycles. The Hall–Kier alpha value is -0.440. The molecule has 0 aliphatic carbocycles. The maximum absolute atomic E-state index is 11.8. The molecule has 1 N–H and O–H groups in total. The molecule has 2 aromatic heterocycles. The van der Waals surface area contributed by atoms with Crippen LogP contribution in [0.5, 0.6) is 0 Å². The number of thiazole rings is 1. The molecule has 96 valence electrons. The lowest BCUT2D eigenvalue weighted by Crippen LogP contribution is -2.29. The van der Waals surface area contributed by atoms with E-state index in [0.29, 0.717) is 5.13 Å². The Bertz CT molecular complexity index is 555. The first kappa shape index (κ1) is 14.0. The summed E-state index contributed by atoms with van der Waals surface area (Å²) in [6.45, 7) is 0.288. The molecule has 0 saturated heterocycles. The number of carbonyl (C=O) groups excluding carboxylic acids is 1. The van der Waals surface area contributed by atoms with Gasteiger partial charge in [0, 0.05) is 12.4 Å². The highest BCUT2D eigenvalue weighted by Crippen LogP contribution is 2.31. The van der Waals surface area contributed by atoms with Gasteiger partial charge in [-0.05, 0) is 43.3 Å². The van der Waals surface area contributed by atoms with Crippen LogP contribution in [0, 0.1) is 0 Å².